The van der Waals surface area contributed by atoms with Crippen LogP contribution in [0.1, 0.15) is 12.5 Å². The number of aliphatic carboxylic acids is 1. The lowest BCUT2D eigenvalue weighted by Gasteiger charge is -2.14. The molecule has 6 nitrogen and oxygen atoms in total. The molecule has 1 rings (SSSR count). The van der Waals surface area contributed by atoms with E-state index in [0.717, 1.165) is 5.56 Å². The summed E-state index contributed by atoms with van der Waals surface area (Å²) in [6, 6.07) is 8.17. The molecule has 0 radical (unpaired) electrons. The maximum atomic E-state index is 11.6. The summed E-state index contributed by atoms with van der Waals surface area (Å²) in [6.07, 6.45) is -0.747. The van der Waals surface area contributed by atoms with E-state index >= 15 is 0 Å². The molecule has 1 unspecified atom stereocenters. The molecule has 1 aromatic rings. The van der Waals surface area contributed by atoms with Crippen LogP contribution in [0.5, 0.6) is 0 Å². The fraction of sp³-hybridized carbons (Fsp3) is 0.429. The van der Waals surface area contributed by atoms with Crippen molar-refractivity contribution in [2.24, 2.45) is 0 Å². The highest BCUT2D eigenvalue weighted by Gasteiger charge is 2.20. The van der Waals surface area contributed by atoms with Gasteiger partial charge in [0.2, 0.25) is 0 Å². The van der Waals surface area contributed by atoms with Gasteiger partial charge >= 0.3 is 12.1 Å². The Morgan fingerprint density at radius 2 is 2.05 bits per heavy atom. The van der Waals surface area contributed by atoms with Crippen LogP contribution in [0.15, 0.2) is 30.3 Å². The average molecular weight is 313 g/mol. The molecule has 1 atom stereocenters. The summed E-state index contributed by atoms with van der Waals surface area (Å²) in [6.45, 7) is 2.52. The van der Waals surface area contributed by atoms with Crippen molar-refractivity contribution in [1.82, 2.24) is 5.32 Å². The van der Waals surface area contributed by atoms with Gasteiger partial charge in [-0.25, -0.2) is 9.59 Å². The first-order chi connectivity index (χ1) is 10.1. The number of nitrogens with one attached hydrogen (secondary N) is 1. The summed E-state index contributed by atoms with van der Waals surface area (Å²) >= 11 is 1.30. The van der Waals surface area contributed by atoms with Gasteiger partial charge in [-0.05, 0) is 12.5 Å². The molecule has 0 saturated carbocycles. The molecule has 7 heteroatoms. The molecule has 0 aliphatic heterocycles. The van der Waals surface area contributed by atoms with Gasteiger partial charge in [0, 0.05) is 12.4 Å². The van der Waals surface area contributed by atoms with Crippen LogP contribution >= 0.6 is 11.8 Å². The number of thioether (sulfide) groups is 1. The summed E-state index contributed by atoms with van der Waals surface area (Å²) < 4.78 is 10.1. The van der Waals surface area contributed by atoms with Crippen LogP contribution in [0.3, 0.4) is 0 Å². The van der Waals surface area contributed by atoms with Gasteiger partial charge < -0.3 is 19.9 Å². The number of hydrogen-bond acceptors (Lipinski definition) is 5. The lowest BCUT2D eigenvalue weighted by Crippen LogP contribution is -2.42. The number of carboxylic acid groups (broad SMARTS) is 1. The Bertz CT molecular complexity index is 440. The second-order valence-corrected chi connectivity index (χ2v) is 5.06. The van der Waals surface area contributed by atoms with Crippen molar-refractivity contribution < 1.29 is 24.2 Å². The summed E-state index contributed by atoms with van der Waals surface area (Å²) in [5.74, 6) is -0.493. The normalized spacial score (nSPS) is 11.7. The van der Waals surface area contributed by atoms with Crippen molar-refractivity contribution in [3.8, 4) is 0 Å². The van der Waals surface area contributed by atoms with E-state index in [-0.39, 0.29) is 12.4 Å². The van der Waals surface area contributed by atoms with Crippen molar-refractivity contribution in [2.75, 3.05) is 18.3 Å². The quantitative estimate of drug-likeness (QED) is 0.536. The van der Waals surface area contributed by atoms with E-state index in [4.69, 9.17) is 14.6 Å². The molecule has 21 heavy (non-hydrogen) atoms. The van der Waals surface area contributed by atoms with Gasteiger partial charge in [-0.1, -0.05) is 30.3 Å². The Morgan fingerprint density at radius 3 is 2.67 bits per heavy atom. The molecule has 0 fully saturated rings. The van der Waals surface area contributed by atoms with Gasteiger partial charge in [-0.3, -0.25) is 0 Å². The highest BCUT2D eigenvalue weighted by molar-refractivity contribution is 7.99. The molecule has 0 aliphatic rings. The number of hydrogen-bond donors (Lipinski definition) is 2. The maximum Gasteiger partial charge on any atom is 0.408 e. The minimum Gasteiger partial charge on any atom is -0.480 e. The van der Waals surface area contributed by atoms with E-state index in [0.29, 0.717) is 12.5 Å². The highest BCUT2D eigenvalue weighted by atomic mass is 32.2. The van der Waals surface area contributed by atoms with Crippen LogP contribution in [0.4, 0.5) is 4.79 Å². The van der Waals surface area contributed by atoms with E-state index < -0.39 is 18.1 Å². The van der Waals surface area contributed by atoms with Crippen LogP contribution in [0.2, 0.25) is 0 Å². The Labute approximate surface area is 127 Å². The van der Waals surface area contributed by atoms with Crippen molar-refractivity contribution in [3.05, 3.63) is 35.9 Å². The standard InChI is InChI=1S/C14H19NO5S/c1-2-19-10-21-9-12(13(16)17)15-14(18)20-8-11-6-4-3-5-7-11/h3-7,12H,2,8-10H2,1H3,(H,15,18)(H,16,17). The Morgan fingerprint density at radius 1 is 1.33 bits per heavy atom. The fourth-order valence-corrected chi connectivity index (χ4v) is 2.23. The van der Waals surface area contributed by atoms with Gasteiger partial charge in [-0.15, -0.1) is 11.8 Å². The van der Waals surface area contributed by atoms with Crippen molar-refractivity contribution in [1.29, 1.82) is 0 Å². The molecule has 116 valence electrons. The zero-order valence-corrected chi connectivity index (χ0v) is 12.6. The average Bonchev–Trinajstić information content (AvgIpc) is 2.49. The minimum atomic E-state index is -1.10. The molecule has 0 aromatic heterocycles. The SMILES string of the molecule is CCOCSCC(NC(=O)OCc1ccccc1)C(=O)O. The second kappa shape index (κ2) is 10.1. The largest absolute Gasteiger partial charge is 0.480 e. The Kier molecular flexibility index (Phi) is 8.30. The molecule has 0 heterocycles. The first-order valence-corrected chi connectivity index (χ1v) is 7.64. The molecule has 0 aliphatic carbocycles. The summed E-state index contributed by atoms with van der Waals surface area (Å²) in [5.41, 5.74) is 0.838. The number of benzene rings is 1. The predicted octanol–water partition coefficient (Wildman–Crippen LogP) is 2.09. The number of ether oxygens (including phenoxy) is 2. The van der Waals surface area contributed by atoms with Gasteiger partial charge in [0.25, 0.3) is 0 Å². The predicted molar refractivity (Wildman–Crippen MR) is 80.1 cm³/mol. The fourth-order valence-electron chi connectivity index (χ4n) is 1.39. The van der Waals surface area contributed by atoms with E-state index in [1.807, 2.05) is 37.3 Å². The lowest BCUT2D eigenvalue weighted by molar-refractivity contribution is -0.138. The summed E-state index contributed by atoms with van der Waals surface area (Å²) in [7, 11) is 0. The molecule has 0 spiro atoms. The van der Waals surface area contributed by atoms with E-state index in [1.54, 1.807) is 0 Å². The van der Waals surface area contributed by atoms with Gasteiger partial charge in [0.1, 0.15) is 12.6 Å². The van der Waals surface area contributed by atoms with Crippen LogP contribution in [0.25, 0.3) is 0 Å². The third-order valence-corrected chi connectivity index (χ3v) is 3.36. The first kappa shape index (κ1) is 17.3. The van der Waals surface area contributed by atoms with E-state index in [2.05, 4.69) is 5.32 Å². The second-order valence-electron chi connectivity index (χ2n) is 4.08. The summed E-state index contributed by atoms with van der Waals surface area (Å²) in [4.78, 5) is 22.6. The van der Waals surface area contributed by atoms with Crippen LogP contribution in [-0.2, 0) is 20.9 Å². The van der Waals surface area contributed by atoms with Gasteiger partial charge in [0.05, 0.1) is 5.94 Å². The first-order valence-electron chi connectivity index (χ1n) is 6.49. The topological polar surface area (TPSA) is 84.9 Å². The molecule has 0 saturated heterocycles. The van der Waals surface area contributed by atoms with Crippen molar-refractivity contribution >= 4 is 23.8 Å². The molecule has 2 N–H and O–H groups in total. The van der Waals surface area contributed by atoms with Gasteiger partial charge in [-0.2, -0.15) is 0 Å². The van der Waals surface area contributed by atoms with Crippen molar-refractivity contribution in [3.63, 3.8) is 0 Å². The van der Waals surface area contributed by atoms with Crippen LogP contribution < -0.4 is 5.32 Å². The highest BCUT2D eigenvalue weighted by Crippen LogP contribution is 2.05. The number of alkyl carbamates (subject to hydrolysis) is 1. The molecule has 1 aromatic carbocycles. The number of carbonyl (C=O) groups excluding carboxylic acids is 1. The molecule has 1 amide bonds. The zero-order chi connectivity index (χ0) is 15.5. The third kappa shape index (κ3) is 7.57. The van der Waals surface area contributed by atoms with Crippen LogP contribution in [0, 0.1) is 0 Å². The molecular weight excluding hydrogens is 294 g/mol. The molecular formula is C14H19NO5S. The number of carboxylic acids is 1. The maximum absolute atomic E-state index is 11.6. The summed E-state index contributed by atoms with van der Waals surface area (Å²) in [5, 5.41) is 11.4. The van der Waals surface area contributed by atoms with Crippen molar-refractivity contribution in [2.45, 2.75) is 19.6 Å². The molecule has 0 bridgehead atoms. The lowest BCUT2D eigenvalue weighted by atomic mass is 10.2. The third-order valence-electron chi connectivity index (χ3n) is 2.46. The van der Waals surface area contributed by atoms with E-state index in [9.17, 15) is 9.59 Å². The van der Waals surface area contributed by atoms with Gasteiger partial charge in [0.15, 0.2) is 0 Å². The Balaban J connectivity index is 2.33. The Hall–Kier alpha value is -1.73. The number of amides is 1. The van der Waals surface area contributed by atoms with Crippen LogP contribution in [-0.4, -0.2) is 41.5 Å². The smallest absolute Gasteiger partial charge is 0.408 e. The number of rotatable bonds is 9. The minimum absolute atomic E-state index is 0.102. The zero-order valence-electron chi connectivity index (χ0n) is 11.8. The van der Waals surface area contributed by atoms with E-state index in [1.165, 1.54) is 11.8 Å². The number of carbonyl (C=O) groups is 2. The monoisotopic (exact) mass is 313 g/mol.